The fourth-order valence-corrected chi connectivity index (χ4v) is 3.36. The molecule has 0 heterocycles. The zero-order chi connectivity index (χ0) is 21.6. The average molecular weight is 443 g/mol. The highest BCUT2D eigenvalue weighted by Gasteiger charge is 2.16. The van der Waals surface area contributed by atoms with Crippen molar-refractivity contribution in [3.05, 3.63) is 77.9 Å². The molecule has 0 aromatic heterocycles. The van der Waals surface area contributed by atoms with Crippen LogP contribution in [0.25, 0.3) is 10.8 Å². The van der Waals surface area contributed by atoms with E-state index < -0.39 is 6.10 Å². The first-order valence-electron chi connectivity index (χ1n) is 10.2. The Morgan fingerprint density at radius 1 is 1.00 bits per heavy atom. The van der Waals surface area contributed by atoms with E-state index in [1.165, 1.54) is 0 Å². The molecule has 0 fully saturated rings. The van der Waals surface area contributed by atoms with Crippen molar-refractivity contribution in [2.75, 3.05) is 13.2 Å². The lowest BCUT2D eigenvalue weighted by Crippen LogP contribution is -2.43. The molecule has 3 rings (SSSR count). The molecule has 0 aliphatic carbocycles. The molecule has 0 saturated carbocycles. The summed E-state index contributed by atoms with van der Waals surface area (Å²) in [5.41, 5.74) is 1.54. The van der Waals surface area contributed by atoms with Crippen molar-refractivity contribution in [2.45, 2.75) is 39.0 Å². The van der Waals surface area contributed by atoms with Gasteiger partial charge in [-0.3, -0.25) is 4.79 Å². The molecule has 0 aliphatic heterocycles. The van der Waals surface area contributed by atoms with Gasteiger partial charge in [-0.1, -0.05) is 60.7 Å². The minimum Gasteiger partial charge on any atom is -0.483 e. The predicted octanol–water partition coefficient (Wildman–Crippen LogP) is 4.38. The fraction of sp³-hybridized carbons (Fsp3) is 0.320. The van der Waals surface area contributed by atoms with Crippen molar-refractivity contribution in [1.82, 2.24) is 10.6 Å². The number of aliphatic hydroxyl groups excluding tert-OH is 1. The van der Waals surface area contributed by atoms with Gasteiger partial charge in [0.2, 0.25) is 0 Å². The van der Waals surface area contributed by atoms with Crippen LogP contribution in [-0.4, -0.2) is 29.7 Å². The number of hydrogen-bond acceptors (Lipinski definition) is 4. The summed E-state index contributed by atoms with van der Waals surface area (Å²) < 4.78 is 5.88. The predicted molar refractivity (Wildman–Crippen MR) is 128 cm³/mol. The second-order valence-electron chi connectivity index (χ2n) is 8.41. The summed E-state index contributed by atoms with van der Waals surface area (Å²) >= 11 is 0. The molecule has 31 heavy (non-hydrogen) atoms. The summed E-state index contributed by atoms with van der Waals surface area (Å²) in [5, 5.41) is 18.8. The molecule has 1 amide bonds. The first-order valence-corrected chi connectivity index (χ1v) is 10.2. The summed E-state index contributed by atoms with van der Waals surface area (Å²) in [4.78, 5) is 12.2. The Labute approximate surface area is 190 Å². The summed E-state index contributed by atoms with van der Waals surface area (Å²) in [5.74, 6) is 0.508. The highest BCUT2D eigenvalue weighted by Crippen LogP contribution is 2.28. The van der Waals surface area contributed by atoms with Gasteiger partial charge < -0.3 is 20.5 Å². The number of carbonyl (C=O) groups is 1. The molecule has 0 spiro atoms. The van der Waals surface area contributed by atoms with E-state index in [2.05, 4.69) is 10.6 Å². The number of nitrogens with one attached hydrogen (secondary N) is 2. The van der Waals surface area contributed by atoms with Gasteiger partial charge in [-0.2, -0.15) is 0 Å². The van der Waals surface area contributed by atoms with Crippen LogP contribution in [-0.2, 0) is 11.3 Å². The molecule has 0 aliphatic rings. The van der Waals surface area contributed by atoms with E-state index in [4.69, 9.17) is 4.74 Å². The number of ether oxygens (including phenoxy) is 1. The molecule has 0 radical (unpaired) electrons. The molecule has 5 nitrogen and oxygen atoms in total. The summed E-state index contributed by atoms with van der Waals surface area (Å²) in [7, 11) is 0. The molecule has 0 saturated heterocycles. The van der Waals surface area contributed by atoms with Crippen LogP contribution in [0.1, 0.15) is 38.0 Å². The van der Waals surface area contributed by atoms with Gasteiger partial charge in [-0.15, -0.1) is 12.4 Å². The monoisotopic (exact) mass is 442 g/mol. The summed E-state index contributed by atoms with van der Waals surface area (Å²) in [6, 6.07) is 21.5. The van der Waals surface area contributed by atoms with Gasteiger partial charge >= 0.3 is 0 Å². The van der Waals surface area contributed by atoms with Crippen LogP contribution in [0, 0.1) is 0 Å². The average Bonchev–Trinajstić information content (AvgIpc) is 2.72. The zero-order valence-corrected chi connectivity index (χ0v) is 19.0. The number of hydrogen-bond donors (Lipinski definition) is 3. The third-order valence-corrected chi connectivity index (χ3v) is 4.69. The van der Waals surface area contributed by atoms with Crippen LogP contribution in [0.2, 0.25) is 0 Å². The molecule has 3 aromatic rings. The molecule has 1 atom stereocenters. The number of rotatable bonds is 8. The van der Waals surface area contributed by atoms with Crippen LogP contribution in [0.15, 0.2) is 66.7 Å². The fourth-order valence-electron chi connectivity index (χ4n) is 3.36. The quantitative estimate of drug-likeness (QED) is 0.484. The topological polar surface area (TPSA) is 70.6 Å². The number of benzene rings is 3. The van der Waals surface area contributed by atoms with Crippen molar-refractivity contribution in [3.63, 3.8) is 0 Å². The molecule has 6 heteroatoms. The molecular weight excluding hydrogens is 412 g/mol. The smallest absolute Gasteiger partial charge is 0.258 e. The van der Waals surface area contributed by atoms with Crippen LogP contribution >= 0.6 is 12.4 Å². The molecule has 3 N–H and O–H groups in total. The Hall–Kier alpha value is -2.60. The lowest BCUT2D eigenvalue weighted by molar-refractivity contribution is -0.124. The maximum Gasteiger partial charge on any atom is 0.258 e. The van der Waals surface area contributed by atoms with Crippen molar-refractivity contribution in [1.29, 1.82) is 0 Å². The summed E-state index contributed by atoms with van der Waals surface area (Å²) in [6.45, 7) is 6.70. The maximum absolute atomic E-state index is 12.2. The van der Waals surface area contributed by atoms with Crippen molar-refractivity contribution < 1.29 is 14.6 Å². The van der Waals surface area contributed by atoms with Crippen LogP contribution in [0.3, 0.4) is 0 Å². The Kier molecular flexibility index (Phi) is 8.87. The van der Waals surface area contributed by atoms with Gasteiger partial charge in [-0.25, -0.2) is 0 Å². The first-order chi connectivity index (χ1) is 14.3. The van der Waals surface area contributed by atoms with Crippen molar-refractivity contribution >= 4 is 29.1 Å². The molecular formula is C25H31ClN2O3. The lowest BCUT2D eigenvalue weighted by Gasteiger charge is -2.21. The van der Waals surface area contributed by atoms with Crippen LogP contribution in [0.4, 0.5) is 0 Å². The second-order valence-corrected chi connectivity index (χ2v) is 8.41. The number of amides is 1. The summed E-state index contributed by atoms with van der Waals surface area (Å²) in [6.07, 6.45) is -0.594. The van der Waals surface area contributed by atoms with E-state index in [1.54, 1.807) is 0 Å². The van der Waals surface area contributed by atoms with E-state index in [0.29, 0.717) is 18.8 Å². The maximum atomic E-state index is 12.2. The highest BCUT2D eigenvalue weighted by atomic mass is 35.5. The minimum absolute atomic E-state index is 0. The first kappa shape index (κ1) is 24.7. The van der Waals surface area contributed by atoms with Crippen molar-refractivity contribution in [3.8, 4) is 5.75 Å². The Bertz CT molecular complexity index is 987. The number of carbonyl (C=O) groups excluding carboxylic acids is 1. The van der Waals surface area contributed by atoms with Gasteiger partial charge in [-0.05, 0) is 43.2 Å². The normalized spacial score (nSPS) is 12.1. The van der Waals surface area contributed by atoms with Crippen LogP contribution in [0.5, 0.6) is 5.75 Å². The minimum atomic E-state index is -0.594. The molecule has 0 bridgehead atoms. The highest BCUT2D eigenvalue weighted by molar-refractivity contribution is 5.88. The number of aliphatic hydroxyl groups is 1. The number of fused-ring (bicyclic) bond motifs is 1. The van der Waals surface area contributed by atoms with Gasteiger partial charge in [0.05, 0.1) is 6.10 Å². The van der Waals surface area contributed by atoms with Gasteiger partial charge in [0.15, 0.2) is 6.61 Å². The standard InChI is InChI=1S/C25H30N2O3.ClH/c1-25(2,3)27-24(29)17-30-23-14-13-18-9-7-8-12-20(18)21(23)15-26-16-22(28)19-10-5-4-6-11-19;/h4-14,22,26,28H,15-17H2,1-3H3,(H,27,29);1H. The Morgan fingerprint density at radius 3 is 2.39 bits per heavy atom. The molecule has 166 valence electrons. The molecule has 3 aromatic carbocycles. The third-order valence-electron chi connectivity index (χ3n) is 4.69. The number of halogens is 1. The van der Waals surface area contributed by atoms with E-state index in [-0.39, 0.29) is 30.5 Å². The van der Waals surface area contributed by atoms with E-state index >= 15 is 0 Å². The largest absolute Gasteiger partial charge is 0.483 e. The van der Waals surface area contributed by atoms with Crippen molar-refractivity contribution in [2.24, 2.45) is 0 Å². The van der Waals surface area contributed by atoms with Crippen LogP contribution < -0.4 is 15.4 Å². The second kappa shape index (κ2) is 11.1. The van der Waals surface area contributed by atoms with Gasteiger partial charge in [0, 0.05) is 24.2 Å². The van der Waals surface area contributed by atoms with Gasteiger partial charge in [0.1, 0.15) is 5.75 Å². The third kappa shape index (κ3) is 7.24. The Balaban J connectivity index is 0.00000341. The van der Waals surface area contributed by atoms with Gasteiger partial charge in [0.25, 0.3) is 5.91 Å². The van der Waals surface area contributed by atoms with E-state index in [9.17, 15) is 9.90 Å². The lowest BCUT2D eigenvalue weighted by atomic mass is 10.0. The van der Waals surface area contributed by atoms with E-state index in [1.807, 2.05) is 87.5 Å². The SMILES string of the molecule is CC(C)(C)NC(=O)COc1ccc2ccccc2c1CNCC(O)c1ccccc1.Cl. The van der Waals surface area contributed by atoms with E-state index in [0.717, 1.165) is 21.9 Å². The Morgan fingerprint density at radius 2 is 1.68 bits per heavy atom. The zero-order valence-electron chi connectivity index (χ0n) is 18.2. The molecule has 1 unspecified atom stereocenters.